The van der Waals surface area contributed by atoms with Crippen molar-refractivity contribution >= 4 is 5.97 Å². The Kier molecular flexibility index (Phi) is 6.47. The quantitative estimate of drug-likeness (QED) is 0.542. The van der Waals surface area contributed by atoms with Crippen LogP contribution in [0.5, 0.6) is 0 Å². The van der Waals surface area contributed by atoms with Gasteiger partial charge < -0.3 is 5.11 Å². The number of imidazole rings is 1. The van der Waals surface area contributed by atoms with Crippen LogP contribution in [0.25, 0.3) is 0 Å². The van der Waals surface area contributed by atoms with E-state index in [2.05, 4.69) is 18.4 Å². The van der Waals surface area contributed by atoms with E-state index in [0.717, 1.165) is 31.6 Å². The summed E-state index contributed by atoms with van der Waals surface area (Å²) in [4.78, 5) is 10.8. The molecule has 1 aromatic heterocycles. The normalized spacial score (nSPS) is 10.8. The molecular formula is C14H25N2O2+. The molecule has 0 atom stereocenters. The second kappa shape index (κ2) is 7.90. The van der Waals surface area contributed by atoms with Gasteiger partial charge in [-0.2, -0.15) is 0 Å². The van der Waals surface area contributed by atoms with Crippen LogP contribution in [0.1, 0.15) is 51.8 Å². The Labute approximate surface area is 109 Å². The molecule has 0 unspecified atom stereocenters. The highest BCUT2D eigenvalue weighted by Crippen LogP contribution is 2.06. The molecular weight excluding hydrogens is 228 g/mol. The van der Waals surface area contributed by atoms with E-state index in [-0.39, 0.29) is 6.54 Å². The molecule has 0 aromatic carbocycles. The van der Waals surface area contributed by atoms with Gasteiger partial charge >= 0.3 is 5.97 Å². The summed E-state index contributed by atoms with van der Waals surface area (Å²) in [5.41, 5.74) is 0. The lowest BCUT2D eigenvalue weighted by molar-refractivity contribution is -0.692. The van der Waals surface area contributed by atoms with Crippen LogP contribution in [0.3, 0.4) is 0 Å². The van der Waals surface area contributed by atoms with Gasteiger partial charge in [0, 0.05) is 6.42 Å². The maximum absolute atomic E-state index is 10.8. The number of aromatic nitrogens is 2. The van der Waals surface area contributed by atoms with E-state index in [4.69, 9.17) is 5.11 Å². The largest absolute Gasteiger partial charge is 0.478 e. The first-order chi connectivity index (χ1) is 8.69. The molecule has 0 aliphatic heterocycles. The van der Waals surface area contributed by atoms with Crippen molar-refractivity contribution in [2.75, 3.05) is 0 Å². The molecule has 0 saturated carbocycles. The minimum absolute atomic E-state index is 0.0693. The number of aliphatic carboxylic acids is 1. The first-order valence-corrected chi connectivity index (χ1v) is 6.98. The van der Waals surface area contributed by atoms with Gasteiger partial charge in [-0.05, 0) is 12.8 Å². The van der Waals surface area contributed by atoms with Gasteiger partial charge in [-0.1, -0.05) is 33.1 Å². The van der Waals surface area contributed by atoms with Crippen LogP contribution in [-0.4, -0.2) is 15.6 Å². The molecule has 0 aliphatic carbocycles. The summed E-state index contributed by atoms with van der Waals surface area (Å²) in [5, 5.41) is 8.91. The van der Waals surface area contributed by atoms with Crippen molar-refractivity contribution < 1.29 is 14.5 Å². The van der Waals surface area contributed by atoms with Crippen molar-refractivity contribution in [2.24, 2.45) is 0 Å². The van der Waals surface area contributed by atoms with Gasteiger partial charge in [-0.15, -0.1) is 0 Å². The van der Waals surface area contributed by atoms with Gasteiger partial charge in [0.15, 0.2) is 6.54 Å². The number of unbranched alkanes of at least 4 members (excludes halogenated alkanes) is 3. The van der Waals surface area contributed by atoms with Crippen molar-refractivity contribution in [3.05, 3.63) is 18.2 Å². The van der Waals surface area contributed by atoms with Crippen molar-refractivity contribution in [1.29, 1.82) is 0 Å². The second-order valence-electron chi connectivity index (χ2n) is 4.74. The number of rotatable bonds is 9. The average molecular weight is 253 g/mol. The van der Waals surface area contributed by atoms with Gasteiger partial charge in [-0.3, -0.25) is 0 Å². The highest BCUT2D eigenvalue weighted by atomic mass is 16.4. The third-order valence-electron chi connectivity index (χ3n) is 3.11. The van der Waals surface area contributed by atoms with E-state index in [1.165, 1.54) is 19.3 Å². The van der Waals surface area contributed by atoms with E-state index >= 15 is 0 Å². The number of carboxylic acids is 1. The third kappa shape index (κ3) is 4.51. The van der Waals surface area contributed by atoms with Crippen LogP contribution >= 0.6 is 0 Å². The number of hydrogen-bond donors (Lipinski definition) is 1. The van der Waals surface area contributed by atoms with Gasteiger partial charge in [0.05, 0.1) is 6.54 Å². The zero-order valence-electron chi connectivity index (χ0n) is 11.6. The molecule has 102 valence electrons. The molecule has 4 heteroatoms. The topological polar surface area (TPSA) is 46.1 Å². The molecule has 1 aromatic rings. The van der Waals surface area contributed by atoms with Gasteiger partial charge in [0.2, 0.25) is 0 Å². The Hall–Kier alpha value is -1.32. The minimum atomic E-state index is -0.774. The maximum Gasteiger partial charge on any atom is 0.346 e. The summed E-state index contributed by atoms with van der Waals surface area (Å²) in [6.45, 7) is 5.38. The Bertz CT molecular complexity index is 372. The predicted molar refractivity (Wildman–Crippen MR) is 70.4 cm³/mol. The number of hydrogen-bond acceptors (Lipinski definition) is 1. The highest BCUT2D eigenvalue weighted by Gasteiger charge is 2.18. The van der Waals surface area contributed by atoms with E-state index in [1.807, 2.05) is 17.0 Å². The van der Waals surface area contributed by atoms with E-state index in [9.17, 15) is 4.79 Å². The summed E-state index contributed by atoms with van der Waals surface area (Å²) in [5.74, 6) is 0.374. The Morgan fingerprint density at radius 1 is 1.28 bits per heavy atom. The van der Waals surface area contributed by atoms with Crippen molar-refractivity contribution in [3.8, 4) is 0 Å². The maximum atomic E-state index is 10.8. The highest BCUT2D eigenvalue weighted by molar-refractivity contribution is 5.64. The number of carbonyl (C=O) groups is 1. The fourth-order valence-corrected chi connectivity index (χ4v) is 2.23. The van der Waals surface area contributed by atoms with E-state index in [0.29, 0.717) is 0 Å². The molecule has 18 heavy (non-hydrogen) atoms. The number of aryl methyl sites for hydroxylation is 1. The van der Waals surface area contributed by atoms with Crippen LogP contribution in [0.15, 0.2) is 12.4 Å². The monoisotopic (exact) mass is 253 g/mol. The predicted octanol–water partition coefficient (Wildman–Crippen LogP) is 2.39. The molecule has 0 radical (unpaired) electrons. The summed E-state index contributed by atoms with van der Waals surface area (Å²) in [6, 6.07) is 0. The second-order valence-corrected chi connectivity index (χ2v) is 4.74. The molecule has 0 saturated heterocycles. The lowest BCUT2D eigenvalue weighted by atomic mass is 10.1. The summed E-state index contributed by atoms with van der Waals surface area (Å²) in [6.07, 6.45) is 10.8. The molecule has 1 rings (SSSR count). The van der Waals surface area contributed by atoms with Crippen molar-refractivity contribution in [2.45, 2.75) is 65.5 Å². The third-order valence-corrected chi connectivity index (χ3v) is 3.11. The number of carboxylic acid groups (broad SMARTS) is 1. The van der Waals surface area contributed by atoms with E-state index in [1.54, 1.807) is 0 Å². The summed E-state index contributed by atoms with van der Waals surface area (Å²) < 4.78 is 4.05. The lowest BCUT2D eigenvalue weighted by Gasteiger charge is -2.03. The average Bonchev–Trinajstić information content (AvgIpc) is 2.68. The molecule has 0 bridgehead atoms. The van der Waals surface area contributed by atoms with Crippen LogP contribution in [0.2, 0.25) is 0 Å². The molecule has 1 N–H and O–H groups in total. The SMILES string of the molecule is CCCCCCc1n(CCC)cc[n+]1CC(=O)O. The Morgan fingerprint density at radius 2 is 2.06 bits per heavy atom. The molecule has 0 spiro atoms. The first-order valence-electron chi connectivity index (χ1n) is 6.98. The smallest absolute Gasteiger partial charge is 0.346 e. The Morgan fingerprint density at radius 3 is 2.67 bits per heavy atom. The fraction of sp³-hybridized carbons (Fsp3) is 0.714. The van der Waals surface area contributed by atoms with Crippen LogP contribution in [0, 0.1) is 0 Å². The van der Waals surface area contributed by atoms with Crippen LogP contribution < -0.4 is 4.57 Å². The molecule has 0 fully saturated rings. The van der Waals surface area contributed by atoms with Gasteiger partial charge in [0.25, 0.3) is 5.82 Å². The van der Waals surface area contributed by atoms with Gasteiger partial charge in [-0.25, -0.2) is 13.9 Å². The molecule has 0 aliphatic rings. The molecule has 1 heterocycles. The van der Waals surface area contributed by atoms with E-state index < -0.39 is 5.97 Å². The Balaban J connectivity index is 2.68. The first kappa shape index (κ1) is 14.7. The fourth-order valence-electron chi connectivity index (χ4n) is 2.23. The standard InChI is InChI=1S/C14H24N2O2/c1-3-5-6-7-8-13-15(9-4-2)10-11-16(13)12-14(17)18/h10-11H,3-9,12H2,1-2H3/p+1. The zero-order valence-corrected chi connectivity index (χ0v) is 11.6. The molecule has 0 amide bonds. The summed E-state index contributed by atoms with van der Waals surface area (Å²) in [7, 11) is 0. The molecule has 4 nitrogen and oxygen atoms in total. The zero-order chi connectivity index (χ0) is 13.4. The summed E-state index contributed by atoms with van der Waals surface area (Å²) >= 11 is 0. The van der Waals surface area contributed by atoms with Gasteiger partial charge in [0.1, 0.15) is 12.4 Å². The van der Waals surface area contributed by atoms with Crippen molar-refractivity contribution in [1.82, 2.24) is 4.57 Å². The number of nitrogens with zero attached hydrogens (tertiary/aromatic N) is 2. The van der Waals surface area contributed by atoms with Crippen molar-refractivity contribution in [3.63, 3.8) is 0 Å². The lowest BCUT2D eigenvalue weighted by Crippen LogP contribution is -2.40. The van der Waals surface area contributed by atoms with Crippen LogP contribution in [-0.2, 0) is 24.3 Å². The van der Waals surface area contributed by atoms with Crippen LogP contribution in [0.4, 0.5) is 0 Å². The minimum Gasteiger partial charge on any atom is -0.478 e.